The molecule has 4 heterocycles. The molecule has 0 aliphatic carbocycles. The van der Waals surface area contributed by atoms with Crippen LogP contribution in [-0.2, 0) is 0 Å². The van der Waals surface area contributed by atoms with E-state index in [4.69, 9.17) is 0 Å². The average Bonchev–Trinajstić information content (AvgIpc) is 3.47. The molecule has 2 saturated heterocycles. The summed E-state index contributed by atoms with van der Waals surface area (Å²) in [6.45, 7) is 2.29. The van der Waals surface area contributed by atoms with Crippen molar-refractivity contribution in [2.24, 2.45) is 0 Å². The monoisotopic (exact) mass is 441 g/mol. The SMILES string of the molecule is O=C(c1cnn2ccc(N3CCC[C@@H]3c3cc(F)ccc3F)cc12)N1CCNC(CO)C1. The minimum Gasteiger partial charge on any atom is -0.395 e. The van der Waals surface area contributed by atoms with Gasteiger partial charge in [-0.1, -0.05) is 0 Å². The van der Waals surface area contributed by atoms with Crippen LogP contribution in [-0.4, -0.2) is 64.4 Å². The Morgan fingerprint density at radius 3 is 2.94 bits per heavy atom. The lowest BCUT2D eigenvalue weighted by atomic mass is 10.0. The highest BCUT2D eigenvalue weighted by Crippen LogP contribution is 2.38. The largest absolute Gasteiger partial charge is 0.395 e. The van der Waals surface area contributed by atoms with Crippen LogP contribution in [0.25, 0.3) is 5.52 Å². The maximum absolute atomic E-state index is 14.5. The van der Waals surface area contributed by atoms with E-state index in [0.29, 0.717) is 42.8 Å². The number of fused-ring (bicyclic) bond motifs is 1. The van der Waals surface area contributed by atoms with Gasteiger partial charge in [0.25, 0.3) is 5.91 Å². The zero-order chi connectivity index (χ0) is 22.2. The number of rotatable bonds is 4. The summed E-state index contributed by atoms with van der Waals surface area (Å²) < 4.78 is 29.9. The molecule has 9 heteroatoms. The Kier molecular flexibility index (Phi) is 5.52. The fourth-order valence-corrected chi connectivity index (χ4v) is 4.78. The summed E-state index contributed by atoms with van der Waals surface area (Å²) >= 11 is 0. The number of nitrogens with zero attached hydrogens (tertiary/aromatic N) is 4. The van der Waals surface area contributed by atoms with E-state index in [1.165, 1.54) is 12.1 Å². The number of pyridine rings is 1. The van der Waals surface area contributed by atoms with Crippen molar-refractivity contribution in [3.63, 3.8) is 0 Å². The molecule has 7 nitrogen and oxygen atoms in total. The Morgan fingerprint density at radius 1 is 1.22 bits per heavy atom. The third-order valence-electron chi connectivity index (χ3n) is 6.40. The highest BCUT2D eigenvalue weighted by Gasteiger charge is 2.30. The third-order valence-corrected chi connectivity index (χ3v) is 6.40. The summed E-state index contributed by atoms with van der Waals surface area (Å²) in [6.07, 6.45) is 4.93. The predicted molar refractivity (Wildman–Crippen MR) is 116 cm³/mol. The van der Waals surface area contributed by atoms with Gasteiger partial charge in [0.1, 0.15) is 11.6 Å². The smallest absolute Gasteiger partial charge is 0.257 e. The number of anilines is 1. The first-order valence-electron chi connectivity index (χ1n) is 10.9. The van der Waals surface area contributed by atoms with E-state index in [1.807, 2.05) is 12.1 Å². The lowest BCUT2D eigenvalue weighted by molar-refractivity contribution is 0.0673. The molecule has 1 amide bonds. The molecule has 0 saturated carbocycles. The highest BCUT2D eigenvalue weighted by molar-refractivity contribution is 6.01. The quantitative estimate of drug-likeness (QED) is 0.651. The molecule has 0 radical (unpaired) electrons. The lowest BCUT2D eigenvalue weighted by Crippen LogP contribution is -2.54. The van der Waals surface area contributed by atoms with Gasteiger partial charge in [0.05, 0.1) is 29.9 Å². The predicted octanol–water partition coefficient (Wildman–Crippen LogP) is 2.36. The number of carbonyl (C=O) groups excluding carboxylic acids is 1. The first-order chi connectivity index (χ1) is 15.5. The first-order valence-corrected chi connectivity index (χ1v) is 10.9. The van der Waals surface area contributed by atoms with Crippen molar-refractivity contribution in [2.75, 3.05) is 37.7 Å². The molecule has 2 N–H and O–H groups in total. The zero-order valence-corrected chi connectivity index (χ0v) is 17.5. The molecule has 0 spiro atoms. The van der Waals surface area contributed by atoms with Gasteiger partial charge in [-0.3, -0.25) is 4.79 Å². The van der Waals surface area contributed by atoms with Crippen LogP contribution in [0.4, 0.5) is 14.5 Å². The van der Waals surface area contributed by atoms with Crippen LogP contribution in [0.3, 0.4) is 0 Å². The second-order valence-electron chi connectivity index (χ2n) is 8.38. The number of aliphatic hydroxyl groups excluding tert-OH is 1. The van der Waals surface area contributed by atoms with Crippen molar-refractivity contribution in [3.8, 4) is 0 Å². The fourth-order valence-electron chi connectivity index (χ4n) is 4.78. The molecule has 1 aromatic carbocycles. The van der Waals surface area contributed by atoms with Gasteiger partial charge >= 0.3 is 0 Å². The van der Waals surface area contributed by atoms with Crippen LogP contribution >= 0.6 is 0 Å². The summed E-state index contributed by atoms with van der Waals surface area (Å²) in [5, 5.41) is 16.9. The molecule has 2 aliphatic rings. The van der Waals surface area contributed by atoms with Gasteiger partial charge in [-0.25, -0.2) is 13.3 Å². The number of amides is 1. The third kappa shape index (κ3) is 3.71. The summed E-state index contributed by atoms with van der Waals surface area (Å²) in [6, 6.07) is 6.94. The summed E-state index contributed by atoms with van der Waals surface area (Å²) in [7, 11) is 0. The Morgan fingerprint density at radius 2 is 2.09 bits per heavy atom. The van der Waals surface area contributed by atoms with Crippen molar-refractivity contribution in [1.82, 2.24) is 19.8 Å². The molecule has 2 fully saturated rings. The standard InChI is InChI=1S/C23H25F2N5O2/c24-15-3-4-20(25)18(10-15)21-2-1-7-29(21)17-5-8-30-22(11-17)19(12-27-30)23(32)28-9-6-26-16(13-28)14-31/h3-5,8,10-12,16,21,26,31H,1-2,6-7,9,13-14H2/t16?,21-/m1/s1. The van der Waals surface area contributed by atoms with Crippen LogP contribution in [0.2, 0.25) is 0 Å². The molecule has 3 aromatic rings. The maximum Gasteiger partial charge on any atom is 0.257 e. The normalized spacial score (nSPS) is 21.5. The molecule has 2 atom stereocenters. The van der Waals surface area contributed by atoms with Crippen molar-refractivity contribution in [1.29, 1.82) is 0 Å². The van der Waals surface area contributed by atoms with E-state index in [-0.39, 0.29) is 24.6 Å². The number of halogens is 2. The second kappa shape index (κ2) is 8.48. The van der Waals surface area contributed by atoms with Crippen LogP contribution in [0.15, 0.2) is 42.7 Å². The summed E-state index contributed by atoms with van der Waals surface area (Å²) in [5.74, 6) is -1.00. The van der Waals surface area contributed by atoms with Gasteiger partial charge < -0.3 is 20.2 Å². The van der Waals surface area contributed by atoms with Crippen molar-refractivity contribution >= 4 is 17.1 Å². The van der Waals surface area contributed by atoms with E-state index in [0.717, 1.165) is 24.6 Å². The number of benzene rings is 1. The van der Waals surface area contributed by atoms with Crippen LogP contribution < -0.4 is 10.2 Å². The molecule has 2 aromatic heterocycles. The maximum atomic E-state index is 14.5. The molecular weight excluding hydrogens is 416 g/mol. The highest BCUT2D eigenvalue weighted by atomic mass is 19.1. The molecule has 5 rings (SSSR count). The van der Waals surface area contributed by atoms with Gasteiger partial charge in [0, 0.05) is 49.7 Å². The number of carbonyl (C=O) groups is 1. The van der Waals surface area contributed by atoms with Gasteiger partial charge in [-0.05, 0) is 43.2 Å². The first kappa shape index (κ1) is 20.8. The number of nitrogens with one attached hydrogen (secondary N) is 1. The van der Waals surface area contributed by atoms with Gasteiger partial charge in [0.2, 0.25) is 0 Å². The summed E-state index contributed by atoms with van der Waals surface area (Å²) in [5.41, 5.74) is 2.34. The molecular formula is C23H25F2N5O2. The number of hydrogen-bond acceptors (Lipinski definition) is 5. The van der Waals surface area contributed by atoms with E-state index in [1.54, 1.807) is 21.8 Å². The Balaban J connectivity index is 1.47. The van der Waals surface area contributed by atoms with E-state index < -0.39 is 11.6 Å². The van der Waals surface area contributed by atoms with Crippen molar-refractivity contribution in [3.05, 3.63) is 65.5 Å². The minimum atomic E-state index is -0.454. The number of hydrogen-bond donors (Lipinski definition) is 2. The molecule has 32 heavy (non-hydrogen) atoms. The zero-order valence-electron chi connectivity index (χ0n) is 17.5. The van der Waals surface area contributed by atoms with Crippen molar-refractivity contribution < 1.29 is 18.7 Å². The fraction of sp³-hybridized carbons (Fsp3) is 0.391. The molecule has 2 aliphatic heterocycles. The molecule has 0 bridgehead atoms. The lowest BCUT2D eigenvalue weighted by Gasteiger charge is -2.32. The van der Waals surface area contributed by atoms with Gasteiger partial charge in [0.15, 0.2) is 0 Å². The molecule has 1 unspecified atom stereocenters. The Bertz CT molecular complexity index is 1150. The Hall–Kier alpha value is -3.04. The topological polar surface area (TPSA) is 73.1 Å². The Labute approximate surface area is 184 Å². The molecule has 168 valence electrons. The average molecular weight is 441 g/mol. The number of aliphatic hydroxyl groups is 1. The summed E-state index contributed by atoms with van der Waals surface area (Å²) in [4.78, 5) is 17.0. The van der Waals surface area contributed by atoms with Crippen LogP contribution in [0, 0.1) is 11.6 Å². The van der Waals surface area contributed by atoms with E-state index >= 15 is 0 Å². The minimum absolute atomic E-state index is 0.0321. The van der Waals surface area contributed by atoms with Gasteiger partial charge in [-0.2, -0.15) is 5.10 Å². The van der Waals surface area contributed by atoms with Crippen LogP contribution in [0.5, 0.6) is 0 Å². The van der Waals surface area contributed by atoms with Gasteiger partial charge in [-0.15, -0.1) is 0 Å². The second-order valence-corrected chi connectivity index (χ2v) is 8.38. The number of aromatic nitrogens is 2. The van der Waals surface area contributed by atoms with Crippen molar-refractivity contribution in [2.45, 2.75) is 24.9 Å². The number of piperazine rings is 1. The van der Waals surface area contributed by atoms with E-state index in [9.17, 15) is 18.7 Å². The van der Waals surface area contributed by atoms with E-state index in [2.05, 4.69) is 15.3 Å². The van der Waals surface area contributed by atoms with Crippen LogP contribution in [0.1, 0.15) is 34.8 Å².